The van der Waals surface area contributed by atoms with E-state index in [9.17, 15) is 0 Å². The fraction of sp³-hybridized carbons (Fsp3) is 0.278. The molecule has 0 aromatic heterocycles. The highest BCUT2D eigenvalue weighted by Crippen LogP contribution is 2.29. The second-order valence-corrected chi connectivity index (χ2v) is 5.09. The molecule has 0 aliphatic carbocycles. The summed E-state index contributed by atoms with van der Waals surface area (Å²) in [6, 6.07) is 10.1. The molecule has 0 radical (unpaired) electrons. The number of hydrogen-bond donors (Lipinski definition) is 0. The van der Waals surface area contributed by atoms with Gasteiger partial charge in [-0.15, -0.1) is 0 Å². The molecule has 2 aromatic carbocycles. The summed E-state index contributed by atoms with van der Waals surface area (Å²) in [7, 11) is 3.28. The van der Waals surface area contributed by atoms with Crippen molar-refractivity contribution >= 4 is 11.9 Å². The molecule has 3 nitrogen and oxygen atoms in total. The highest BCUT2D eigenvalue weighted by atomic mass is 16.5. The summed E-state index contributed by atoms with van der Waals surface area (Å²) in [5.41, 5.74) is 5.59. The molecular weight excluding hydrogens is 262 g/mol. The van der Waals surface area contributed by atoms with Gasteiger partial charge in [0, 0.05) is 6.21 Å². The number of aliphatic imine (C=N–C) groups is 1. The van der Waals surface area contributed by atoms with E-state index in [0.29, 0.717) is 5.75 Å². The molecular formula is C18H21NO2. The van der Waals surface area contributed by atoms with Gasteiger partial charge in [0.05, 0.1) is 19.9 Å². The second kappa shape index (κ2) is 6.44. The topological polar surface area (TPSA) is 30.8 Å². The Hall–Kier alpha value is -2.29. The smallest absolute Gasteiger partial charge is 0.161 e. The normalized spacial score (nSPS) is 10.9. The molecule has 0 bridgehead atoms. The number of ether oxygens (including phenoxy) is 2. The Labute approximate surface area is 126 Å². The first-order valence-electron chi connectivity index (χ1n) is 6.89. The van der Waals surface area contributed by atoms with Crippen molar-refractivity contribution in [2.75, 3.05) is 14.2 Å². The van der Waals surface area contributed by atoms with Gasteiger partial charge in [0.2, 0.25) is 0 Å². The first-order valence-corrected chi connectivity index (χ1v) is 6.89. The molecule has 0 amide bonds. The van der Waals surface area contributed by atoms with Crippen LogP contribution >= 0.6 is 0 Å². The highest BCUT2D eigenvalue weighted by molar-refractivity contribution is 5.85. The van der Waals surface area contributed by atoms with Gasteiger partial charge in [-0.1, -0.05) is 6.07 Å². The van der Waals surface area contributed by atoms with E-state index < -0.39 is 0 Å². The molecule has 0 saturated heterocycles. The Morgan fingerprint density at radius 2 is 1.48 bits per heavy atom. The average molecular weight is 283 g/mol. The van der Waals surface area contributed by atoms with Crippen LogP contribution in [0.5, 0.6) is 11.5 Å². The number of hydrogen-bond acceptors (Lipinski definition) is 3. The highest BCUT2D eigenvalue weighted by Gasteiger charge is 2.07. The Morgan fingerprint density at radius 3 is 2.10 bits per heavy atom. The van der Waals surface area contributed by atoms with Gasteiger partial charge < -0.3 is 9.47 Å². The van der Waals surface area contributed by atoms with Crippen LogP contribution in [-0.2, 0) is 0 Å². The minimum absolute atomic E-state index is 0.713. The Balaban J connectivity index is 2.34. The second-order valence-electron chi connectivity index (χ2n) is 5.09. The van der Waals surface area contributed by atoms with Crippen LogP contribution in [0.15, 0.2) is 35.3 Å². The summed E-state index contributed by atoms with van der Waals surface area (Å²) in [6.45, 7) is 6.22. The van der Waals surface area contributed by atoms with Gasteiger partial charge in [0.25, 0.3) is 0 Å². The van der Waals surface area contributed by atoms with Crippen LogP contribution < -0.4 is 9.47 Å². The van der Waals surface area contributed by atoms with E-state index in [1.807, 2.05) is 31.3 Å². The molecule has 0 spiro atoms. The van der Waals surface area contributed by atoms with Crippen LogP contribution in [0.4, 0.5) is 5.69 Å². The lowest BCUT2D eigenvalue weighted by molar-refractivity contribution is 0.354. The molecule has 0 heterocycles. The van der Waals surface area contributed by atoms with E-state index in [1.54, 1.807) is 14.2 Å². The third-order valence-electron chi connectivity index (χ3n) is 3.62. The van der Waals surface area contributed by atoms with E-state index >= 15 is 0 Å². The molecule has 110 valence electrons. The van der Waals surface area contributed by atoms with Crippen molar-refractivity contribution in [2.45, 2.75) is 20.8 Å². The number of aryl methyl sites for hydroxylation is 3. The minimum Gasteiger partial charge on any atom is -0.493 e. The maximum atomic E-state index is 5.33. The number of methoxy groups -OCH3 is 2. The van der Waals surface area contributed by atoms with Crippen molar-refractivity contribution in [1.82, 2.24) is 0 Å². The Bertz CT molecular complexity index is 675. The van der Waals surface area contributed by atoms with Crippen molar-refractivity contribution in [1.29, 1.82) is 0 Å². The average Bonchev–Trinajstić information content (AvgIpc) is 2.49. The van der Waals surface area contributed by atoms with Crippen LogP contribution in [0.2, 0.25) is 0 Å². The van der Waals surface area contributed by atoms with Gasteiger partial charge in [-0.3, -0.25) is 4.99 Å². The SMILES string of the molecule is COc1cc(C)c(C=Nc2ccc(C)c(C)c2)cc1OC. The first kappa shape index (κ1) is 15.1. The third kappa shape index (κ3) is 3.43. The quantitative estimate of drug-likeness (QED) is 0.780. The summed E-state index contributed by atoms with van der Waals surface area (Å²) in [4.78, 5) is 4.55. The fourth-order valence-corrected chi connectivity index (χ4v) is 2.09. The molecule has 0 N–H and O–H groups in total. The van der Waals surface area contributed by atoms with Crippen LogP contribution in [-0.4, -0.2) is 20.4 Å². The molecule has 0 aliphatic heterocycles. The van der Waals surface area contributed by atoms with Gasteiger partial charge in [-0.05, 0) is 67.3 Å². The lowest BCUT2D eigenvalue weighted by Gasteiger charge is -2.10. The van der Waals surface area contributed by atoms with Crippen LogP contribution in [0.1, 0.15) is 22.3 Å². The molecule has 0 fully saturated rings. The standard InChI is InChI=1S/C18H21NO2/c1-12-6-7-16(8-13(12)2)19-11-15-10-18(21-5)17(20-4)9-14(15)3/h6-11H,1-5H3. The molecule has 0 aliphatic rings. The molecule has 21 heavy (non-hydrogen) atoms. The monoisotopic (exact) mass is 283 g/mol. The van der Waals surface area contributed by atoms with E-state index in [0.717, 1.165) is 22.6 Å². The molecule has 0 saturated carbocycles. The molecule has 0 atom stereocenters. The van der Waals surface area contributed by atoms with Crippen molar-refractivity contribution < 1.29 is 9.47 Å². The van der Waals surface area contributed by atoms with Crippen molar-refractivity contribution in [2.24, 2.45) is 4.99 Å². The van der Waals surface area contributed by atoms with E-state index in [-0.39, 0.29) is 0 Å². The van der Waals surface area contributed by atoms with Crippen LogP contribution in [0, 0.1) is 20.8 Å². The van der Waals surface area contributed by atoms with Gasteiger partial charge in [-0.2, -0.15) is 0 Å². The molecule has 3 heteroatoms. The van der Waals surface area contributed by atoms with Crippen LogP contribution in [0.3, 0.4) is 0 Å². The Morgan fingerprint density at radius 1 is 0.810 bits per heavy atom. The van der Waals surface area contributed by atoms with E-state index in [2.05, 4.69) is 31.0 Å². The van der Waals surface area contributed by atoms with Gasteiger partial charge >= 0.3 is 0 Å². The summed E-state index contributed by atoms with van der Waals surface area (Å²) in [5.74, 6) is 1.45. The first-order chi connectivity index (χ1) is 10.0. The zero-order valence-corrected chi connectivity index (χ0v) is 13.2. The summed E-state index contributed by atoms with van der Waals surface area (Å²) < 4.78 is 10.6. The van der Waals surface area contributed by atoms with E-state index in [1.165, 1.54) is 11.1 Å². The number of benzene rings is 2. The van der Waals surface area contributed by atoms with Crippen LogP contribution in [0.25, 0.3) is 0 Å². The summed E-state index contributed by atoms with van der Waals surface area (Å²) >= 11 is 0. The van der Waals surface area contributed by atoms with Gasteiger partial charge in [0.15, 0.2) is 11.5 Å². The Kier molecular flexibility index (Phi) is 4.63. The maximum absolute atomic E-state index is 5.33. The minimum atomic E-state index is 0.713. The summed E-state index contributed by atoms with van der Waals surface area (Å²) in [6.07, 6.45) is 1.86. The predicted molar refractivity (Wildman–Crippen MR) is 87.5 cm³/mol. The summed E-state index contributed by atoms with van der Waals surface area (Å²) in [5, 5.41) is 0. The zero-order valence-electron chi connectivity index (χ0n) is 13.2. The van der Waals surface area contributed by atoms with Gasteiger partial charge in [-0.25, -0.2) is 0 Å². The number of nitrogens with zero attached hydrogens (tertiary/aromatic N) is 1. The van der Waals surface area contributed by atoms with Crippen molar-refractivity contribution in [3.05, 3.63) is 52.6 Å². The lowest BCUT2D eigenvalue weighted by atomic mass is 10.1. The zero-order chi connectivity index (χ0) is 15.4. The van der Waals surface area contributed by atoms with Crippen molar-refractivity contribution in [3.63, 3.8) is 0 Å². The molecule has 2 aromatic rings. The fourth-order valence-electron chi connectivity index (χ4n) is 2.09. The maximum Gasteiger partial charge on any atom is 0.161 e. The largest absolute Gasteiger partial charge is 0.493 e. The van der Waals surface area contributed by atoms with Gasteiger partial charge in [0.1, 0.15) is 0 Å². The van der Waals surface area contributed by atoms with E-state index in [4.69, 9.17) is 9.47 Å². The van der Waals surface area contributed by atoms with Crippen molar-refractivity contribution in [3.8, 4) is 11.5 Å². The third-order valence-corrected chi connectivity index (χ3v) is 3.62. The number of rotatable bonds is 4. The molecule has 2 rings (SSSR count). The lowest BCUT2D eigenvalue weighted by Crippen LogP contribution is -1.95. The molecule has 0 unspecified atom stereocenters. The predicted octanol–water partition coefficient (Wildman–Crippen LogP) is 4.38.